The molecule has 7 N–H and O–H groups in total. The van der Waals surface area contributed by atoms with Crippen molar-refractivity contribution < 1.29 is 73.8 Å². The quantitative estimate of drug-likeness (QED) is 0.0333. The number of rotatable bonds is 32. The van der Waals surface area contributed by atoms with E-state index in [1.54, 1.807) is 12.2 Å². The van der Waals surface area contributed by atoms with Crippen LogP contribution in [-0.2, 0) is 38.0 Å². The zero-order valence-corrected chi connectivity index (χ0v) is 38.6. The topological polar surface area (TPSA) is 231 Å². The van der Waals surface area contributed by atoms with Gasteiger partial charge in [-0.1, -0.05) is 135 Å². The van der Waals surface area contributed by atoms with Gasteiger partial charge >= 0.3 is 11.9 Å². The van der Waals surface area contributed by atoms with E-state index in [0.717, 1.165) is 51.4 Å². The molecular formula is C51H76O15. The number of aliphatic hydroxyl groups excluding tert-OH is 7. The lowest BCUT2D eigenvalue weighted by Gasteiger charge is -2.42. The van der Waals surface area contributed by atoms with E-state index in [-0.39, 0.29) is 12.8 Å². The number of ether oxygens (including phenoxy) is 6. The van der Waals surface area contributed by atoms with Crippen LogP contribution in [-0.4, -0.2) is 142 Å². The molecule has 2 saturated heterocycles. The minimum Gasteiger partial charge on any atom is -0.461 e. The Morgan fingerprint density at radius 1 is 0.455 bits per heavy atom. The van der Waals surface area contributed by atoms with Gasteiger partial charge in [-0.2, -0.15) is 0 Å². The molecule has 0 radical (unpaired) electrons. The summed E-state index contributed by atoms with van der Waals surface area (Å²) in [7, 11) is 0. The summed E-state index contributed by atoms with van der Waals surface area (Å²) in [6.07, 6.45) is 31.5. The SMILES string of the molecule is CC/C=C\C/C=C\C/C=C\C/C=C\C/C=C\CC(=O)OCC(COC1OC(COC2OC(CO)C(O)C(O)C2O)C(O)C(O)C1O)OC(=O)C/C=C\C/C=C\C/C=C\C/C=C\C/C=C\CC. The largest absolute Gasteiger partial charge is 0.461 e. The second-order valence-corrected chi connectivity index (χ2v) is 15.5. The summed E-state index contributed by atoms with van der Waals surface area (Å²) in [4.78, 5) is 25.5. The molecule has 0 aromatic heterocycles. The van der Waals surface area contributed by atoms with Crippen molar-refractivity contribution in [2.75, 3.05) is 26.4 Å². The Bertz CT molecular complexity index is 1610. The Balaban J connectivity index is 1.94. The summed E-state index contributed by atoms with van der Waals surface area (Å²) >= 11 is 0. The van der Waals surface area contributed by atoms with Crippen LogP contribution in [0.25, 0.3) is 0 Å². The third-order valence-corrected chi connectivity index (χ3v) is 10.0. The first kappa shape index (κ1) is 58.0. The third kappa shape index (κ3) is 25.1. The van der Waals surface area contributed by atoms with Gasteiger partial charge in [-0.15, -0.1) is 0 Å². The van der Waals surface area contributed by atoms with Crippen LogP contribution in [0.15, 0.2) is 122 Å². The third-order valence-electron chi connectivity index (χ3n) is 10.0. The van der Waals surface area contributed by atoms with Crippen molar-refractivity contribution in [2.45, 2.75) is 158 Å². The van der Waals surface area contributed by atoms with E-state index in [1.807, 2.05) is 36.5 Å². The van der Waals surface area contributed by atoms with Gasteiger partial charge in [0, 0.05) is 0 Å². The molecule has 0 aromatic carbocycles. The molecule has 0 aromatic rings. The highest BCUT2D eigenvalue weighted by Crippen LogP contribution is 2.26. The highest BCUT2D eigenvalue weighted by atomic mass is 16.7. The Kier molecular flexibility index (Phi) is 32.5. The van der Waals surface area contributed by atoms with Crippen molar-refractivity contribution in [3.8, 4) is 0 Å². The van der Waals surface area contributed by atoms with Gasteiger partial charge in [0.15, 0.2) is 18.7 Å². The van der Waals surface area contributed by atoms with E-state index >= 15 is 0 Å². The second kappa shape index (κ2) is 37.0. The molecule has 2 aliphatic rings. The predicted octanol–water partition coefficient (Wildman–Crippen LogP) is 5.37. The lowest BCUT2D eigenvalue weighted by molar-refractivity contribution is -0.332. The number of allylic oxidation sites excluding steroid dienone is 18. The Hall–Kier alpha value is -4.10. The van der Waals surface area contributed by atoms with Gasteiger partial charge in [0.05, 0.1) is 32.7 Å². The van der Waals surface area contributed by atoms with Crippen LogP contribution in [0, 0.1) is 0 Å². The molecule has 2 rings (SSSR count). The Morgan fingerprint density at radius 3 is 1.24 bits per heavy atom. The first-order chi connectivity index (χ1) is 32.0. The number of carbonyl (C=O) groups is 2. The van der Waals surface area contributed by atoms with Crippen molar-refractivity contribution in [3.05, 3.63) is 122 Å². The van der Waals surface area contributed by atoms with E-state index < -0.39 is 106 Å². The molecule has 2 heterocycles. The maximum absolute atomic E-state index is 12.9. The van der Waals surface area contributed by atoms with Crippen LogP contribution in [0.5, 0.6) is 0 Å². The molecule has 11 atom stereocenters. The van der Waals surface area contributed by atoms with Gasteiger partial charge in [0.2, 0.25) is 0 Å². The summed E-state index contributed by atoms with van der Waals surface area (Å²) in [5.74, 6) is -1.24. The molecule has 15 heteroatoms. The molecule has 11 unspecified atom stereocenters. The fourth-order valence-corrected chi connectivity index (χ4v) is 6.24. The van der Waals surface area contributed by atoms with Gasteiger partial charge in [-0.05, 0) is 64.2 Å². The van der Waals surface area contributed by atoms with E-state index in [1.165, 1.54) is 0 Å². The summed E-state index contributed by atoms with van der Waals surface area (Å²) in [5, 5.41) is 71.9. The van der Waals surface area contributed by atoms with Crippen LogP contribution in [0.2, 0.25) is 0 Å². The van der Waals surface area contributed by atoms with Crippen molar-refractivity contribution in [2.24, 2.45) is 0 Å². The fraction of sp³-hybridized carbons (Fsp3) is 0.569. The molecule has 0 aliphatic carbocycles. The number of hydrogen-bond acceptors (Lipinski definition) is 15. The van der Waals surface area contributed by atoms with Crippen LogP contribution in [0.1, 0.15) is 90.9 Å². The molecule has 66 heavy (non-hydrogen) atoms. The van der Waals surface area contributed by atoms with Gasteiger partial charge in [-0.25, -0.2) is 0 Å². The van der Waals surface area contributed by atoms with E-state index in [9.17, 15) is 45.3 Å². The average molecular weight is 929 g/mol. The lowest BCUT2D eigenvalue weighted by atomic mass is 9.98. The molecular weight excluding hydrogens is 853 g/mol. The highest BCUT2D eigenvalue weighted by Gasteiger charge is 2.47. The number of hydrogen-bond donors (Lipinski definition) is 7. The summed E-state index contributed by atoms with van der Waals surface area (Å²) in [5.41, 5.74) is 0. The Morgan fingerprint density at radius 2 is 0.818 bits per heavy atom. The first-order valence-corrected chi connectivity index (χ1v) is 23.1. The molecule has 370 valence electrons. The van der Waals surface area contributed by atoms with Gasteiger partial charge in [0.1, 0.15) is 55.4 Å². The minimum absolute atomic E-state index is 0.0419. The van der Waals surface area contributed by atoms with Crippen LogP contribution in [0.4, 0.5) is 0 Å². The Labute approximate surface area is 391 Å². The highest BCUT2D eigenvalue weighted by molar-refractivity contribution is 5.72. The molecule has 0 bridgehead atoms. The van der Waals surface area contributed by atoms with E-state index in [2.05, 4.69) is 86.8 Å². The standard InChI is InChI=1S/C51H76O15/c1-3-5-7-9-11-13-15-17-19-21-23-25-27-29-31-33-42(53)61-36-39(64-43(54)34-32-30-28-26-24-22-20-18-16-14-12-10-8-6-4-2)37-62-50-49(60)47(58)45(56)41(66-50)38-63-51-48(59)46(57)44(55)40(35-52)65-51/h5-8,11-14,17-20,23-26,29-32,39-41,44-52,55-60H,3-4,9-10,15-16,21-22,27-28,33-38H2,1-2H3/b7-5-,8-6-,13-11-,14-12-,19-17-,20-18-,25-23-,26-24-,31-29-,32-30-. The smallest absolute Gasteiger partial charge is 0.310 e. The molecule has 2 fully saturated rings. The maximum atomic E-state index is 12.9. The van der Waals surface area contributed by atoms with Crippen LogP contribution < -0.4 is 0 Å². The molecule has 15 nitrogen and oxygen atoms in total. The monoisotopic (exact) mass is 929 g/mol. The molecule has 0 amide bonds. The lowest BCUT2D eigenvalue weighted by Crippen LogP contribution is -2.61. The minimum atomic E-state index is -1.80. The van der Waals surface area contributed by atoms with Gasteiger partial charge in [0.25, 0.3) is 0 Å². The van der Waals surface area contributed by atoms with Gasteiger partial charge < -0.3 is 64.2 Å². The van der Waals surface area contributed by atoms with Crippen LogP contribution >= 0.6 is 0 Å². The summed E-state index contributed by atoms with van der Waals surface area (Å²) in [6, 6.07) is 0. The summed E-state index contributed by atoms with van der Waals surface area (Å²) in [6.45, 7) is 2.09. The van der Waals surface area contributed by atoms with Crippen molar-refractivity contribution >= 4 is 11.9 Å². The molecule has 0 spiro atoms. The van der Waals surface area contributed by atoms with E-state index in [0.29, 0.717) is 12.8 Å². The zero-order valence-electron chi connectivity index (χ0n) is 38.6. The number of carbonyl (C=O) groups excluding carboxylic acids is 2. The van der Waals surface area contributed by atoms with Crippen LogP contribution in [0.3, 0.4) is 0 Å². The van der Waals surface area contributed by atoms with Crippen molar-refractivity contribution in [3.63, 3.8) is 0 Å². The van der Waals surface area contributed by atoms with Gasteiger partial charge in [-0.3, -0.25) is 9.59 Å². The zero-order chi connectivity index (χ0) is 48.2. The normalized spacial score (nSPS) is 27.3. The maximum Gasteiger partial charge on any atom is 0.310 e. The number of aliphatic hydroxyl groups is 7. The average Bonchev–Trinajstić information content (AvgIpc) is 3.31. The predicted molar refractivity (Wildman–Crippen MR) is 251 cm³/mol. The fourth-order valence-electron chi connectivity index (χ4n) is 6.24. The summed E-state index contributed by atoms with van der Waals surface area (Å²) < 4.78 is 33.2. The second-order valence-electron chi connectivity index (χ2n) is 15.5. The number of esters is 2. The first-order valence-electron chi connectivity index (χ1n) is 23.1. The van der Waals surface area contributed by atoms with Crippen molar-refractivity contribution in [1.29, 1.82) is 0 Å². The molecule has 2 aliphatic heterocycles. The van der Waals surface area contributed by atoms with E-state index in [4.69, 9.17) is 28.4 Å². The van der Waals surface area contributed by atoms with Crippen molar-refractivity contribution in [1.82, 2.24) is 0 Å². The molecule has 0 saturated carbocycles.